The molecule has 7 heteroatoms. The van der Waals surface area contributed by atoms with Gasteiger partial charge in [-0.25, -0.2) is 4.39 Å². The number of hydrogen-bond acceptors (Lipinski definition) is 4. The molecule has 1 aliphatic rings. The molecule has 3 rings (SSSR count). The number of likely N-dealkylation sites (tertiary alicyclic amines) is 1. The minimum atomic E-state index is -0.649. The third-order valence-corrected chi connectivity index (χ3v) is 4.11. The van der Waals surface area contributed by atoms with Crippen molar-refractivity contribution < 1.29 is 18.5 Å². The average Bonchev–Trinajstić information content (AvgIpc) is 3.03. The van der Waals surface area contributed by atoms with Gasteiger partial charge >= 0.3 is 0 Å². The minimum Gasteiger partial charge on any atom is -0.363 e. The van der Waals surface area contributed by atoms with Gasteiger partial charge in [0.05, 0.1) is 12.0 Å². The SMILES string of the molecule is CN1C(=O)CC[C@@H](C(=O)Nc2ccon2)[C@@H]1c1ccccc1F. The molecular weight excluding hydrogens is 301 g/mol. The Labute approximate surface area is 132 Å². The van der Waals surface area contributed by atoms with Crippen LogP contribution >= 0.6 is 0 Å². The Morgan fingerprint density at radius 3 is 2.87 bits per heavy atom. The molecule has 1 aromatic carbocycles. The molecule has 2 heterocycles. The Morgan fingerprint density at radius 1 is 1.39 bits per heavy atom. The van der Waals surface area contributed by atoms with Crippen LogP contribution in [0.1, 0.15) is 24.4 Å². The summed E-state index contributed by atoms with van der Waals surface area (Å²) in [5.74, 6) is -1.12. The van der Waals surface area contributed by atoms with E-state index in [2.05, 4.69) is 15.0 Å². The van der Waals surface area contributed by atoms with Crippen LogP contribution in [0.3, 0.4) is 0 Å². The van der Waals surface area contributed by atoms with Crippen LogP contribution in [0.2, 0.25) is 0 Å². The van der Waals surface area contributed by atoms with Gasteiger partial charge in [-0.05, 0) is 12.5 Å². The number of benzene rings is 1. The summed E-state index contributed by atoms with van der Waals surface area (Å²) >= 11 is 0. The summed E-state index contributed by atoms with van der Waals surface area (Å²) in [6, 6.07) is 7.07. The predicted molar refractivity (Wildman–Crippen MR) is 79.8 cm³/mol. The summed E-state index contributed by atoms with van der Waals surface area (Å²) in [5, 5.41) is 6.28. The highest BCUT2D eigenvalue weighted by atomic mass is 19.1. The second-order valence-corrected chi connectivity index (χ2v) is 5.49. The number of carbonyl (C=O) groups is 2. The molecule has 0 bridgehead atoms. The van der Waals surface area contributed by atoms with Gasteiger partial charge < -0.3 is 14.7 Å². The summed E-state index contributed by atoms with van der Waals surface area (Å²) in [6.07, 6.45) is 1.95. The molecule has 2 aromatic rings. The fourth-order valence-electron chi connectivity index (χ4n) is 2.95. The zero-order valence-corrected chi connectivity index (χ0v) is 12.5. The average molecular weight is 317 g/mol. The van der Waals surface area contributed by atoms with E-state index in [-0.39, 0.29) is 18.2 Å². The van der Waals surface area contributed by atoms with Gasteiger partial charge in [0, 0.05) is 25.1 Å². The van der Waals surface area contributed by atoms with Crippen molar-refractivity contribution in [3.8, 4) is 0 Å². The van der Waals surface area contributed by atoms with Crippen LogP contribution < -0.4 is 5.32 Å². The number of amides is 2. The van der Waals surface area contributed by atoms with Crippen molar-refractivity contribution in [2.45, 2.75) is 18.9 Å². The Balaban J connectivity index is 1.91. The molecule has 1 N–H and O–H groups in total. The number of rotatable bonds is 3. The third kappa shape index (κ3) is 2.94. The Hall–Kier alpha value is -2.70. The molecule has 1 aliphatic heterocycles. The normalized spacial score (nSPS) is 21.3. The van der Waals surface area contributed by atoms with E-state index >= 15 is 0 Å². The van der Waals surface area contributed by atoms with E-state index in [0.717, 1.165) is 0 Å². The van der Waals surface area contributed by atoms with E-state index in [0.29, 0.717) is 17.8 Å². The molecule has 0 aliphatic carbocycles. The largest absolute Gasteiger partial charge is 0.363 e. The van der Waals surface area contributed by atoms with Gasteiger partial charge in [0.15, 0.2) is 5.82 Å². The molecule has 0 saturated carbocycles. The molecule has 1 fully saturated rings. The monoisotopic (exact) mass is 317 g/mol. The van der Waals surface area contributed by atoms with Gasteiger partial charge in [0.25, 0.3) is 0 Å². The molecule has 0 spiro atoms. The predicted octanol–water partition coefficient (Wildman–Crippen LogP) is 2.36. The molecule has 2 amide bonds. The van der Waals surface area contributed by atoms with Crippen molar-refractivity contribution >= 4 is 17.6 Å². The van der Waals surface area contributed by atoms with Crippen molar-refractivity contribution in [1.82, 2.24) is 10.1 Å². The zero-order valence-electron chi connectivity index (χ0n) is 12.5. The summed E-state index contributed by atoms with van der Waals surface area (Å²) in [7, 11) is 1.59. The van der Waals surface area contributed by atoms with Crippen molar-refractivity contribution in [3.05, 3.63) is 48.0 Å². The summed E-state index contributed by atoms with van der Waals surface area (Å²) in [6.45, 7) is 0. The Bertz CT molecular complexity index is 717. The van der Waals surface area contributed by atoms with Crippen LogP contribution in [0.4, 0.5) is 10.2 Å². The highest BCUT2D eigenvalue weighted by Crippen LogP contribution is 2.37. The number of hydrogen-bond donors (Lipinski definition) is 1. The highest BCUT2D eigenvalue weighted by Gasteiger charge is 2.40. The molecule has 1 saturated heterocycles. The highest BCUT2D eigenvalue weighted by molar-refractivity contribution is 5.93. The molecule has 6 nitrogen and oxygen atoms in total. The Kier molecular flexibility index (Phi) is 4.10. The number of anilines is 1. The summed E-state index contributed by atoms with van der Waals surface area (Å²) in [5.41, 5.74) is 0.336. The maximum Gasteiger partial charge on any atom is 0.231 e. The molecule has 0 radical (unpaired) electrons. The minimum absolute atomic E-state index is 0.108. The zero-order chi connectivity index (χ0) is 16.4. The summed E-state index contributed by atoms with van der Waals surface area (Å²) in [4.78, 5) is 26.0. The van der Waals surface area contributed by atoms with Crippen molar-refractivity contribution in [2.24, 2.45) is 5.92 Å². The van der Waals surface area contributed by atoms with E-state index in [4.69, 9.17) is 0 Å². The van der Waals surface area contributed by atoms with E-state index in [1.165, 1.54) is 23.3 Å². The molecule has 23 heavy (non-hydrogen) atoms. The van der Waals surface area contributed by atoms with Crippen LogP contribution in [0.5, 0.6) is 0 Å². The Morgan fingerprint density at radius 2 is 2.17 bits per heavy atom. The third-order valence-electron chi connectivity index (χ3n) is 4.11. The molecular formula is C16H16FN3O3. The maximum absolute atomic E-state index is 14.2. The van der Waals surface area contributed by atoms with Gasteiger partial charge in [-0.2, -0.15) is 0 Å². The summed E-state index contributed by atoms with van der Waals surface area (Å²) < 4.78 is 18.9. The van der Waals surface area contributed by atoms with Crippen LogP contribution in [0, 0.1) is 11.7 Å². The topological polar surface area (TPSA) is 75.4 Å². The number of aromatic nitrogens is 1. The molecule has 1 aromatic heterocycles. The lowest BCUT2D eigenvalue weighted by molar-refractivity contribution is -0.140. The number of halogens is 1. The van der Waals surface area contributed by atoms with Crippen LogP contribution in [-0.4, -0.2) is 28.9 Å². The second kappa shape index (κ2) is 6.20. The lowest BCUT2D eigenvalue weighted by Crippen LogP contribution is -2.44. The smallest absolute Gasteiger partial charge is 0.231 e. The van der Waals surface area contributed by atoms with Crippen molar-refractivity contribution in [3.63, 3.8) is 0 Å². The lowest BCUT2D eigenvalue weighted by Gasteiger charge is -2.38. The van der Waals surface area contributed by atoms with Crippen molar-refractivity contribution in [1.29, 1.82) is 0 Å². The number of nitrogens with one attached hydrogen (secondary N) is 1. The lowest BCUT2D eigenvalue weighted by atomic mass is 9.83. The van der Waals surface area contributed by atoms with Gasteiger partial charge in [0.2, 0.25) is 11.8 Å². The van der Waals surface area contributed by atoms with Crippen LogP contribution in [-0.2, 0) is 9.59 Å². The fraction of sp³-hybridized carbons (Fsp3) is 0.312. The molecule has 2 atom stereocenters. The van der Waals surface area contributed by atoms with Gasteiger partial charge in [-0.15, -0.1) is 0 Å². The first kappa shape index (κ1) is 15.2. The fourth-order valence-corrected chi connectivity index (χ4v) is 2.95. The van der Waals surface area contributed by atoms with Crippen LogP contribution in [0.25, 0.3) is 0 Å². The number of carbonyl (C=O) groups excluding carboxylic acids is 2. The molecule has 120 valence electrons. The maximum atomic E-state index is 14.2. The number of piperidine rings is 1. The quantitative estimate of drug-likeness (QED) is 0.943. The first-order valence-corrected chi connectivity index (χ1v) is 7.29. The van der Waals surface area contributed by atoms with E-state index < -0.39 is 17.8 Å². The van der Waals surface area contributed by atoms with E-state index in [1.54, 1.807) is 25.2 Å². The second-order valence-electron chi connectivity index (χ2n) is 5.49. The van der Waals surface area contributed by atoms with E-state index in [9.17, 15) is 14.0 Å². The number of nitrogens with zero attached hydrogens (tertiary/aromatic N) is 2. The first-order valence-electron chi connectivity index (χ1n) is 7.29. The van der Waals surface area contributed by atoms with Gasteiger partial charge in [-0.3, -0.25) is 9.59 Å². The first-order chi connectivity index (χ1) is 11.1. The van der Waals surface area contributed by atoms with E-state index in [1.807, 2.05) is 0 Å². The van der Waals surface area contributed by atoms with Gasteiger partial charge in [-0.1, -0.05) is 23.4 Å². The van der Waals surface area contributed by atoms with Crippen molar-refractivity contribution in [2.75, 3.05) is 12.4 Å². The standard InChI is InChI=1S/C16H16FN3O3/c1-20-14(21)7-6-11(16(22)18-13-8-9-23-19-13)15(20)10-4-2-3-5-12(10)17/h2-5,8-9,11,15H,6-7H2,1H3,(H,18,19,22)/t11-,15+/m1/s1. The molecule has 0 unspecified atom stereocenters. The van der Waals surface area contributed by atoms with Gasteiger partial charge in [0.1, 0.15) is 12.1 Å². The van der Waals surface area contributed by atoms with Crippen LogP contribution in [0.15, 0.2) is 41.1 Å².